The number of rotatable bonds is 5. The minimum atomic E-state index is -0.346. The highest BCUT2D eigenvalue weighted by molar-refractivity contribution is 5.98. The van der Waals surface area contributed by atoms with E-state index >= 15 is 0 Å². The van der Waals surface area contributed by atoms with E-state index in [4.69, 9.17) is 4.98 Å². The predicted octanol–water partition coefficient (Wildman–Crippen LogP) is 2.82. The molecule has 2 aliphatic rings. The normalized spacial score (nSPS) is 17.1. The first-order valence-electron chi connectivity index (χ1n) is 11.0. The van der Waals surface area contributed by atoms with Crippen molar-refractivity contribution in [2.45, 2.75) is 46.3 Å². The minimum absolute atomic E-state index is 0.0242. The molecule has 2 amide bonds. The van der Waals surface area contributed by atoms with E-state index in [-0.39, 0.29) is 29.7 Å². The van der Waals surface area contributed by atoms with Crippen molar-refractivity contribution in [3.05, 3.63) is 46.9 Å². The van der Waals surface area contributed by atoms with E-state index in [0.29, 0.717) is 55.7 Å². The molecule has 9 heteroatoms. The van der Waals surface area contributed by atoms with Crippen LogP contribution in [-0.4, -0.2) is 63.8 Å². The number of nitrogens with zero attached hydrogens (tertiary/aromatic N) is 5. The third-order valence-electron chi connectivity index (χ3n) is 6.14. The highest BCUT2D eigenvalue weighted by Crippen LogP contribution is 2.32. The summed E-state index contributed by atoms with van der Waals surface area (Å²) in [5, 5.41) is 3.32. The molecule has 0 saturated carbocycles. The lowest BCUT2D eigenvalue weighted by Gasteiger charge is -2.34. The van der Waals surface area contributed by atoms with E-state index in [9.17, 15) is 14.0 Å². The van der Waals surface area contributed by atoms with Gasteiger partial charge in [0, 0.05) is 50.3 Å². The molecule has 0 spiro atoms. The number of hydrogen-bond acceptors (Lipinski definition) is 6. The van der Waals surface area contributed by atoms with Gasteiger partial charge in [0.05, 0.1) is 12.6 Å². The maximum absolute atomic E-state index is 14.3. The molecule has 1 fully saturated rings. The molecule has 2 aromatic rings. The molecule has 0 unspecified atom stereocenters. The zero-order valence-electron chi connectivity index (χ0n) is 18.9. The third-order valence-corrected chi connectivity index (χ3v) is 6.14. The number of aromatic nitrogens is 2. The van der Waals surface area contributed by atoms with Crippen LogP contribution in [0.25, 0.3) is 0 Å². The number of nitrogens with one attached hydrogen (secondary N) is 1. The Hall–Kier alpha value is -3.23. The van der Waals surface area contributed by atoms with Gasteiger partial charge in [-0.25, -0.2) is 9.37 Å². The van der Waals surface area contributed by atoms with Crippen LogP contribution in [0.3, 0.4) is 0 Å². The Labute approximate surface area is 187 Å². The van der Waals surface area contributed by atoms with Crippen LogP contribution in [0.4, 0.5) is 16.2 Å². The second kappa shape index (κ2) is 8.72. The number of carbonyl (C=O) groups excluding carboxylic acids is 2. The predicted molar refractivity (Wildman–Crippen MR) is 120 cm³/mol. The smallest absolute Gasteiger partial charge is 0.273 e. The summed E-state index contributed by atoms with van der Waals surface area (Å²) in [6, 6.07) is 6.30. The van der Waals surface area contributed by atoms with Crippen LogP contribution in [0.2, 0.25) is 0 Å². The molecular formula is C23H29FN6O2. The topological polar surface area (TPSA) is 81.7 Å². The van der Waals surface area contributed by atoms with Gasteiger partial charge in [0.1, 0.15) is 17.3 Å². The van der Waals surface area contributed by atoms with Crippen molar-refractivity contribution < 1.29 is 14.0 Å². The summed E-state index contributed by atoms with van der Waals surface area (Å²) in [7, 11) is 0. The van der Waals surface area contributed by atoms with Crippen LogP contribution in [0.15, 0.2) is 24.3 Å². The van der Waals surface area contributed by atoms with Crippen LogP contribution < -0.4 is 10.2 Å². The first kappa shape index (κ1) is 22.0. The van der Waals surface area contributed by atoms with E-state index in [0.717, 1.165) is 5.56 Å². The van der Waals surface area contributed by atoms with Gasteiger partial charge in [0.2, 0.25) is 11.9 Å². The molecule has 32 heavy (non-hydrogen) atoms. The van der Waals surface area contributed by atoms with Crippen molar-refractivity contribution >= 4 is 23.6 Å². The van der Waals surface area contributed by atoms with Gasteiger partial charge in [-0.2, -0.15) is 4.98 Å². The highest BCUT2D eigenvalue weighted by atomic mass is 19.1. The average Bonchev–Trinajstić information content (AvgIpc) is 3.11. The molecule has 1 N–H and O–H groups in total. The number of amides is 2. The van der Waals surface area contributed by atoms with Gasteiger partial charge in [0.15, 0.2) is 0 Å². The Morgan fingerprint density at radius 1 is 1.09 bits per heavy atom. The number of piperazine rings is 1. The summed E-state index contributed by atoms with van der Waals surface area (Å²) in [5.74, 6) is 0.630. The Balaban J connectivity index is 1.67. The zero-order valence-corrected chi connectivity index (χ0v) is 18.9. The molecule has 0 radical (unpaired) electrons. The molecule has 1 aromatic carbocycles. The average molecular weight is 441 g/mol. The Morgan fingerprint density at radius 2 is 1.78 bits per heavy atom. The highest BCUT2D eigenvalue weighted by Gasteiger charge is 2.35. The molecule has 0 aliphatic carbocycles. The Morgan fingerprint density at radius 3 is 2.41 bits per heavy atom. The fourth-order valence-corrected chi connectivity index (χ4v) is 4.19. The minimum Gasteiger partial charge on any atom is -0.363 e. The lowest BCUT2D eigenvalue weighted by atomic mass is 10.1. The van der Waals surface area contributed by atoms with Gasteiger partial charge in [-0.05, 0) is 26.8 Å². The first-order chi connectivity index (χ1) is 15.3. The molecule has 170 valence electrons. The second-order valence-electron chi connectivity index (χ2n) is 8.61. The number of halogens is 1. The number of hydrogen-bond donors (Lipinski definition) is 1. The molecule has 1 atom stereocenters. The van der Waals surface area contributed by atoms with Gasteiger partial charge >= 0.3 is 0 Å². The van der Waals surface area contributed by atoms with Crippen molar-refractivity contribution in [1.82, 2.24) is 19.8 Å². The van der Waals surface area contributed by atoms with Gasteiger partial charge in [-0.1, -0.05) is 18.2 Å². The van der Waals surface area contributed by atoms with Gasteiger partial charge in [0.25, 0.3) is 5.91 Å². The molecule has 1 saturated heterocycles. The Bertz CT molecular complexity index is 1040. The SMILES string of the molecule is CC(=O)N1CCN(c2nc(N[C@H](C)c3ccccc3F)c3c(n2)C(=O)N(C(C)C)C3)CC1. The zero-order chi connectivity index (χ0) is 23.0. The fourth-order valence-electron chi connectivity index (χ4n) is 4.19. The van der Waals surface area contributed by atoms with E-state index in [2.05, 4.69) is 10.3 Å². The van der Waals surface area contributed by atoms with Crippen LogP contribution >= 0.6 is 0 Å². The van der Waals surface area contributed by atoms with Gasteiger partial charge < -0.3 is 20.0 Å². The van der Waals surface area contributed by atoms with E-state index in [1.165, 1.54) is 6.07 Å². The largest absolute Gasteiger partial charge is 0.363 e. The summed E-state index contributed by atoms with van der Waals surface area (Å²) >= 11 is 0. The first-order valence-corrected chi connectivity index (χ1v) is 11.0. The second-order valence-corrected chi connectivity index (χ2v) is 8.61. The van der Waals surface area contributed by atoms with Crippen molar-refractivity contribution in [2.75, 3.05) is 36.4 Å². The van der Waals surface area contributed by atoms with Crippen molar-refractivity contribution in [3.63, 3.8) is 0 Å². The fraction of sp³-hybridized carbons (Fsp3) is 0.478. The quantitative estimate of drug-likeness (QED) is 0.770. The summed E-state index contributed by atoms with van der Waals surface area (Å²) in [6.07, 6.45) is 0. The molecule has 3 heterocycles. The molecule has 4 rings (SSSR count). The van der Waals surface area contributed by atoms with Crippen molar-refractivity contribution in [3.8, 4) is 0 Å². The number of benzene rings is 1. The summed E-state index contributed by atoms with van der Waals surface area (Å²) in [4.78, 5) is 39.6. The number of carbonyl (C=O) groups is 2. The number of fused-ring (bicyclic) bond motifs is 1. The third kappa shape index (κ3) is 4.11. The standard InChI is InChI=1S/C23H29FN6O2/c1-14(2)30-13-18-20(22(30)32)26-23(29-11-9-28(10-12-29)16(4)31)27-21(18)25-15(3)17-7-5-6-8-19(17)24/h5-8,14-15H,9-13H2,1-4H3,(H,25,26,27)/t15-/m1/s1. The lowest BCUT2D eigenvalue weighted by Crippen LogP contribution is -2.48. The maximum Gasteiger partial charge on any atom is 0.273 e. The van der Waals surface area contributed by atoms with E-state index < -0.39 is 0 Å². The maximum atomic E-state index is 14.3. The van der Waals surface area contributed by atoms with Crippen LogP contribution in [0, 0.1) is 5.82 Å². The van der Waals surface area contributed by atoms with Crippen LogP contribution in [0.5, 0.6) is 0 Å². The number of anilines is 2. The van der Waals surface area contributed by atoms with Crippen molar-refractivity contribution in [2.24, 2.45) is 0 Å². The summed E-state index contributed by atoms with van der Waals surface area (Å²) in [5.41, 5.74) is 1.65. The van der Waals surface area contributed by atoms with E-state index in [1.807, 2.05) is 25.7 Å². The molecule has 1 aromatic heterocycles. The lowest BCUT2D eigenvalue weighted by molar-refractivity contribution is -0.129. The van der Waals surface area contributed by atoms with Crippen LogP contribution in [-0.2, 0) is 11.3 Å². The van der Waals surface area contributed by atoms with Gasteiger partial charge in [-0.15, -0.1) is 0 Å². The molecular weight excluding hydrogens is 411 g/mol. The monoisotopic (exact) mass is 440 g/mol. The van der Waals surface area contributed by atoms with E-state index in [1.54, 1.807) is 34.9 Å². The Kier molecular flexibility index (Phi) is 5.99. The summed E-state index contributed by atoms with van der Waals surface area (Å²) < 4.78 is 14.3. The molecule has 0 bridgehead atoms. The molecule has 2 aliphatic heterocycles. The summed E-state index contributed by atoms with van der Waals surface area (Å²) in [6.45, 7) is 10.1. The molecule has 8 nitrogen and oxygen atoms in total. The van der Waals surface area contributed by atoms with Crippen LogP contribution in [0.1, 0.15) is 55.4 Å². The van der Waals surface area contributed by atoms with Crippen molar-refractivity contribution in [1.29, 1.82) is 0 Å². The van der Waals surface area contributed by atoms with Gasteiger partial charge in [-0.3, -0.25) is 9.59 Å².